The molecule has 1 atom stereocenters. The lowest BCUT2D eigenvalue weighted by molar-refractivity contribution is -0.114. The molecule has 0 aliphatic carbocycles. The molecule has 0 spiro atoms. The number of alkyl halides is 2. The summed E-state index contributed by atoms with van der Waals surface area (Å²) >= 11 is 0.127. The van der Waals surface area contributed by atoms with E-state index in [-0.39, 0.29) is 33.8 Å². The van der Waals surface area contributed by atoms with E-state index in [1.54, 1.807) is 12.1 Å². The summed E-state index contributed by atoms with van der Waals surface area (Å²) in [6.07, 6.45) is 0.154. The number of thioether (sulfide) groups is 1. The second-order valence-electron chi connectivity index (χ2n) is 5.40. The molecule has 142 valence electrons. The second-order valence-corrected chi connectivity index (χ2v) is 6.38. The Balaban J connectivity index is 2.08. The smallest absolute Gasteiger partial charge is 0.341 e. The highest BCUT2D eigenvalue weighted by molar-refractivity contribution is 7.99. The van der Waals surface area contributed by atoms with Crippen LogP contribution in [-0.2, 0) is 9.53 Å². The highest BCUT2D eigenvalue weighted by atomic mass is 32.2. The number of carbonyl (C=O) groups is 3. The number of amides is 1. The number of carbonyl (C=O) groups excluding carboxylic acids is 3. The zero-order valence-corrected chi connectivity index (χ0v) is 15.3. The SMILES string of the molecule is CC(=O)Nc1ccc(C(=O)[C@@H](C)OC(=O)c2cccnc2SC(F)F)cc1. The van der Waals surface area contributed by atoms with E-state index in [0.29, 0.717) is 5.69 Å². The van der Waals surface area contributed by atoms with Crippen LogP contribution < -0.4 is 5.32 Å². The molecule has 2 rings (SSSR count). The monoisotopic (exact) mass is 394 g/mol. The van der Waals surface area contributed by atoms with Crippen molar-refractivity contribution < 1.29 is 27.9 Å². The third-order valence-electron chi connectivity index (χ3n) is 3.33. The molecule has 0 fully saturated rings. The second kappa shape index (κ2) is 9.22. The fourth-order valence-corrected chi connectivity index (χ4v) is 2.73. The maximum atomic E-state index is 12.6. The van der Waals surface area contributed by atoms with Crippen LogP contribution in [0.3, 0.4) is 0 Å². The molecule has 0 aliphatic rings. The number of esters is 1. The van der Waals surface area contributed by atoms with Crippen molar-refractivity contribution in [3.05, 3.63) is 53.7 Å². The third-order valence-corrected chi connectivity index (χ3v) is 4.06. The van der Waals surface area contributed by atoms with Crippen molar-refractivity contribution in [2.75, 3.05) is 5.32 Å². The molecule has 9 heteroatoms. The lowest BCUT2D eigenvalue weighted by Gasteiger charge is -2.14. The van der Waals surface area contributed by atoms with E-state index in [9.17, 15) is 23.2 Å². The average Bonchev–Trinajstić information content (AvgIpc) is 2.61. The van der Waals surface area contributed by atoms with Crippen molar-refractivity contribution >= 4 is 35.1 Å². The molecule has 0 bridgehead atoms. The van der Waals surface area contributed by atoms with Gasteiger partial charge in [0.15, 0.2) is 6.10 Å². The van der Waals surface area contributed by atoms with Crippen LogP contribution in [0.25, 0.3) is 0 Å². The zero-order valence-electron chi connectivity index (χ0n) is 14.4. The van der Waals surface area contributed by atoms with Gasteiger partial charge in [-0.2, -0.15) is 8.78 Å². The topological polar surface area (TPSA) is 85.4 Å². The van der Waals surface area contributed by atoms with Gasteiger partial charge in [-0.3, -0.25) is 9.59 Å². The summed E-state index contributed by atoms with van der Waals surface area (Å²) in [4.78, 5) is 39.4. The number of rotatable bonds is 7. The molecular formula is C18H16F2N2O4S. The quantitative estimate of drug-likeness (QED) is 0.437. The van der Waals surface area contributed by atoms with Crippen LogP contribution in [0.5, 0.6) is 0 Å². The van der Waals surface area contributed by atoms with Crippen LogP contribution in [-0.4, -0.2) is 34.5 Å². The minimum absolute atomic E-state index is 0.127. The number of hydrogen-bond donors (Lipinski definition) is 1. The summed E-state index contributed by atoms with van der Waals surface area (Å²) in [6, 6.07) is 8.78. The van der Waals surface area contributed by atoms with Gasteiger partial charge in [-0.25, -0.2) is 9.78 Å². The number of ether oxygens (including phenoxy) is 1. The van der Waals surface area contributed by atoms with Crippen LogP contribution in [0.4, 0.5) is 14.5 Å². The van der Waals surface area contributed by atoms with E-state index >= 15 is 0 Å². The fraction of sp³-hybridized carbons (Fsp3) is 0.222. The highest BCUT2D eigenvalue weighted by Gasteiger charge is 2.23. The standard InChI is InChI=1S/C18H16F2N2O4S/c1-10(15(24)12-5-7-13(8-6-12)22-11(2)23)26-17(25)14-4-3-9-21-16(14)27-18(19)20/h3-10,18H,1-2H3,(H,22,23)/t10-/m1/s1. The number of nitrogens with zero attached hydrogens (tertiary/aromatic N) is 1. The Labute approximate surface area is 158 Å². The van der Waals surface area contributed by atoms with E-state index in [1.807, 2.05) is 0 Å². The highest BCUT2D eigenvalue weighted by Crippen LogP contribution is 2.27. The van der Waals surface area contributed by atoms with E-state index in [2.05, 4.69) is 10.3 Å². The molecule has 0 aliphatic heterocycles. The van der Waals surface area contributed by atoms with Gasteiger partial charge in [0.1, 0.15) is 5.03 Å². The first kappa shape index (κ1) is 20.5. The fourth-order valence-electron chi connectivity index (χ4n) is 2.16. The van der Waals surface area contributed by atoms with Gasteiger partial charge in [0, 0.05) is 24.4 Å². The summed E-state index contributed by atoms with van der Waals surface area (Å²) in [7, 11) is 0. The van der Waals surface area contributed by atoms with E-state index in [0.717, 1.165) is 0 Å². The number of Topliss-reactive ketones (excluding diaryl/α,β-unsaturated/α-hetero) is 1. The molecule has 1 amide bonds. The van der Waals surface area contributed by atoms with Gasteiger partial charge in [0.2, 0.25) is 11.7 Å². The molecule has 1 aromatic carbocycles. The normalized spacial score (nSPS) is 11.7. The van der Waals surface area contributed by atoms with Crippen molar-refractivity contribution in [1.82, 2.24) is 4.98 Å². The van der Waals surface area contributed by atoms with Gasteiger partial charge >= 0.3 is 5.97 Å². The molecule has 6 nitrogen and oxygen atoms in total. The van der Waals surface area contributed by atoms with Crippen molar-refractivity contribution in [2.45, 2.75) is 30.7 Å². The molecule has 0 unspecified atom stereocenters. The Hall–Kier alpha value is -2.81. The average molecular weight is 394 g/mol. The van der Waals surface area contributed by atoms with Gasteiger partial charge in [0.25, 0.3) is 5.76 Å². The maximum Gasteiger partial charge on any atom is 0.341 e. The predicted octanol–water partition coefficient (Wildman–Crippen LogP) is 3.78. The Bertz CT molecular complexity index is 844. The minimum Gasteiger partial charge on any atom is -0.451 e. The van der Waals surface area contributed by atoms with Crippen LogP contribution in [0.15, 0.2) is 47.6 Å². The number of aromatic nitrogens is 1. The first-order chi connectivity index (χ1) is 12.8. The Morgan fingerprint density at radius 2 is 1.81 bits per heavy atom. The third kappa shape index (κ3) is 5.85. The van der Waals surface area contributed by atoms with Gasteiger partial charge in [-0.05, 0) is 55.1 Å². The molecule has 0 radical (unpaired) electrons. The van der Waals surface area contributed by atoms with Crippen LogP contribution in [0, 0.1) is 0 Å². The van der Waals surface area contributed by atoms with Crippen molar-refractivity contribution in [2.24, 2.45) is 0 Å². The summed E-state index contributed by atoms with van der Waals surface area (Å²) in [5.74, 6) is -4.37. The summed E-state index contributed by atoms with van der Waals surface area (Å²) < 4.78 is 30.3. The van der Waals surface area contributed by atoms with E-state index in [4.69, 9.17) is 4.74 Å². The minimum atomic E-state index is -2.74. The number of anilines is 1. The first-order valence-electron chi connectivity index (χ1n) is 7.80. The van der Waals surface area contributed by atoms with Crippen LogP contribution >= 0.6 is 11.8 Å². The number of hydrogen-bond acceptors (Lipinski definition) is 6. The molecule has 0 saturated heterocycles. The molecule has 0 saturated carbocycles. The number of halogens is 2. The predicted molar refractivity (Wildman–Crippen MR) is 96.1 cm³/mol. The van der Waals surface area contributed by atoms with Gasteiger partial charge < -0.3 is 10.1 Å². The number of pyridine rings is 1. The van der Waals surface area contributed by atoms with E-state index in [1.165, 1.54) is 44.3 Å². The zero-order chi connectivity index (χ0) is 20.0. The van der Waals surface area contributed by atoms with Crippen molar-refractivity contribution in [3.8, 4) is 0 Å². The lowest BCUT2D eigenvalue weighted by atomic mass is 10.1. The summed E-state index contributed by atoms with van der Waals surface area (Å²) in [5, 5.41) is 2.40. The number of nitrogens with one attached hydrogen (secondary N) is 1. The Kier molecular flexibility index (Phi) is 7.00. The molecule has 2 aromatic rings. The summed E-state index contributed by atoms with van der Waals surface area (Å²) in [5.41, 5.74) is 0.661. The maximum absolute atomic E-state index is 12.6. The molecule has 27 heavy (non-hydrogen) atoms. The van der Waals surface area contributed by atoms with Crippen molar-refractivity contribution in [3.63, 3.8) is 0 Å². The number of ketones is 1. The number of benzene rings is 1. The molecule has 1 aromatic heterocycles. The van der Waals surface area contributed by atoms with E-state index < -0.39 is 23.6 Å². The molecular weight excluding hydrogens is 378 g/mol. The summed E-state index contributed by atoms with van der Waals surface area (Å²) in [6.45, 7) is 2.75. The Morgan fingerprint density at radius 3 is 2.41 bits per heavy atom. The Morgan fingerprint density at radius 1 is 1.15 bits per heavy atom. The lowest BCUT2D eigenvalue weighted by Crippen LogP contribution is -2.25. The van der Waals surface area contributed by atoms with Gasteiger partial charge in [-0.15, -0.1) is 0 Å². The molecule has 1 heterocycles. The van der Waals surface area contributed by atoms with Crippen LogP contribution in [0.2, 0.25) is 0 Å². The first-order valence-corrected chi connectivity index (χ1v) is 8.68. The van der Waals surface area contributed by atoms with Gasteiger partial charge in [0.05, 0.1) is 5.56 Å². The molecule has 1 N–H and O–H groups in total. The van der Waals surface area contributed by atoms with Crippen molar-refractivity contribution in [1.29, 1.82) is 0 Å². The van der Waals surface area contributed by atoms with Gasteiger partial charge in [-0.1, -0.05) is 0 Å². The van der Waals surface area contributed by atoms with Crippen LogP contribution in [0.1, 0.15) is 34.6 Å². The largest absolute Gasteiger partial charge is 0.451 e.